The number of hydrogen-bond donors (Lipinski definition) is 1. The van der Waals surface area contributed by atoms with Gasteiger partial charge in [-0.2, -0.15) is 0 Å². The third-order valence-corrected chi connectivity index (χ3v) is 6.27. The summed E-state index contributed by atoms with van der Waals surface area (Å²) in [6, 6.07) is 3.74. The molecule has 2 aliphatic rings. The van der Waals surface area contributed by atoms with Gasteiger partial charge in [-0.25, -0.2) is 4.98 Å². The highest BCUT2D eigenvalue weighted by atomic mass is 32.1. The lowest BCUT2D eigenvalue weighted by atomic mass is 9.96. The van der Waals surface area contributed by atoms with E-state index >= 15 is 0 Å². The molecule has 1 saturated carbocycles. The van der Waals surface area contributed by atoms with E-state index in [1.165, 1.54) is 35.5 Å². The zero-order valence-electron chi connectivity index (χ0n) is 13.2. The van der Waals surface area contributed by atoms with Crippen molar-refractivity contribution in [1.82, 2.24) is 9.88 Å². The number of aromatic nitrogens is 1. The number of piperidine rings is 1. The average Bonchev–Trinajstić information content (AvgIpc) is 3.11. The summed E-state index contributed by atoms with van der Waals surface area (Å²) in [7, 11) is 0. The first kappa shape index (κ1) is 15.8. The van der Waals surface area contributed by atoms with Crippen molar-refractivity contribution in [2.45, 2.75) is 31.6 Å². The minimum Gasteiger partial charge on any atom is -0.338 e. The van der Waals surface area contributed by atoms with E-state index in [-0.39, 0.29) is 17.7 Å². The maximum absolute atomic E-state index is 12.4. The van der Waals surface area contributed by atoms with E-state index in [9.17, 15) is 9.59 Å². The van der Waals surface area contributed by atoms with Crippen LogP contribution in [-0.4, -0.2) is 34.8 Å². The zero-order chi connectivity index (χ0) is 16.5. The SMILES string of the molecule is O=C(Nc1nc(C2CC2)cs1)C1CCN(C(=O)c2cccs2)CC1. The predicted molar refractivity (Wildman–Crippen MR) is 95.7 cm³/mol. The molecule has 2 aromatic rings. The van der Waals surface area contributed by atoms with Gasteiger partial charge in [0.05, 0.1) is 10.6 Å². The van der Waals surface area contributed by atoms with Crippen LogP contribution in [0.2, 0.25) is 0 Å². The van der Waals surface area contributed by atoms with E-state index < -0.39 is 0 Å². The van der Waals surface area contributed by atoms with Gasteiger partial charge in [0.25, 0.3) is 5.91 Å². The molecule has 7 heteroatoms. The molecule has 1 aliphatic carbocycles. The fraction of sp³-hybridized carbons (Fsp3) is 0.471. The first-order valence-corrected chi connectivity index (χ1v) is 10.1. The van der Waals surface area contributed by atoms with Crippen molar-refractivity contribution < 1.29 is 9.59 Å². The van der Waals surface area contributed by atoms with Gasteiger partial charge in [-0.05, 0) is 37.1 Å². The van der Waals surface area contributed by atoms with Crippen molar-refractivity contribution in [2.75, 3.05) is 18.4 Å². The van der Waals surface area contributed by atoms with Crippen LogP contribution in [0.25, 0.3) is 0 Å². The van der Waals surface area contributed by atoms with Crippen molar-refractivity contribution >= 4 is 39.6 Å². The molecule has 0 aromatic carbocycles. The Morgan fingerprint density at radius 1 is 1.17 bits per heavy atom. The highest BCUT2D eigenvalue weighted by molar-refractivity contribution is 7.14. The largest absolute Gasteiger partial charge is 0.338 e. The van der Waals surface area contributed by atoms with E-state index in [1.54, 1.807) is 0 Å². The van der Waals surface area contributed by atoms with Gasteiger partial charge >= 0.3 is 0 Å². The quantitative estimate of drug-likeness (QED) is 0.905. The van der Waals surface area contributed by atoms with Crippen molar-refractivity contribution in [2.24, 2.45) is 5.92 Å². The number of nitrogens with zero attached hydrogens (tertiary/aromatic N) is 2. The van der Waals surface area contributed by atoms with Crippen LogP contribution in [0.1, 0.15) is 47.0 Å². The average molecular weight is 361 g/mol. The van der Waals surface area contributed by atoms with Gasteiger partial charge < -0.3 is 10.2 Å². The van der Waals surface area contributed by atoms with E-state index in [2.05, 4.69) is 15.7 Å². The van der Waals surface area contributed by atoms with Crippen molar-refractivity contribution in [3.63, 3.8) is 0 Å². The Hall–Kier alpha value is -1.73. The van der Waals surface area contributed by atoms with E-state index in [0.29, 0.717) is 37.0 Å². The van der Waals surface area contributed by atoms with E-state index in [4.69, 9.17) is 0 Å². The molecule has 0 spiro atoms. The van der Waals surface area contributed by atoms with Crippen LogP contribution in [0.15, 0.2) is 22.9 Å². The lowest BCUT2D eigenvalue weighted by molar-refractivity contribution is -0.121. The number of nitrogens with one attached hydrogen (secondary N) is 1. The van der Waals surface area contributed by atoms with Gasteiger partial charge in [-0.1, -0.05) is 6.07 Å². The van der Waals surface area contributed by atoms with Crippen LogP contribution in [0.5, 0.6) is 0 Å². The number of likely N-dealkylation sites (tertiary alicyclic amines) is 1. The van der Waals surface area contributed by atoms with E-state index in [1.807, 2.05) is 22.4 Å². The van der Waals surface area contributed by atoms with Gasteiger partial charge in [0, 0.05) is 30.3 Å². The number of carbonyl (C=O) groups excluding carboxylic acids is 2. The standard InChI is InChI=1S/C17H19N3O2S2/c21-15(19-17-18-13(10-24-17)11-3-4-11)12-5-7-20(8-6-12)16(22)14-2-1-9-23-14/h1-2,9-12H,3-8H2,(H,18,19,21). The molecule has 2 aromatic heterocycles. The van der Waals surface area contributed by atoms with Crippen molar-refractivity contribution in [3.8, 4) is 0 Å². The maximum atomic E-state index is 12.4. The number of thiazole rings is 1. The number of thiophene rings is 1. The molecule has 3 heterocycles. The molecule has 4 rings (SSSR count). The topological polar surface area (TPSA) is 62.3 Å². The van der Waals surface area contributed by atoms with E-state index in [0.717, 1.165) is 10.6 Å². The monoisotopic (exact) mass is 361 g/mol. The molecule has 1 aliphatic heterocycles. The molecule has 2 fully saturated rings. The molecule has 0 bridgehead atoms. The summed E-state index contributed by atoms with van der Waals surface area (Å²) in [5, 5.41) is 7.63. The van der Waals surface area contributed by atoms with Gasteiger partial charge in [-0.15, -0.1) is 22.7 Å². The number of amides is 2. The molecule has 24 heavy (non-hydrogen) atoms. The molecular formula is C17H19N3O2S2. The highest BCUT2D eigenvalue weighted by Crippen LogP contribution is 2.41. The Morgan fingerprint density at radius 2 is 1.96 bits per heavy atom. The van der Waals surface area contributed by atoms with Gasteiger partial charge in [0.2, 0.25) is 5.91 Å². The first-order chi connectivity index (χ1) is 11.7. The maximum Gasteiger partial charge on any atom is 0.263 e. The molecule has 0 unspecified atom stereocenters. The van der Waals surface area contributed by atoms with Crippen LogP contribution in [0, 0.1) is 5.92 Å². The Morgan fingerprint density at radius 3 is 2.62 bits per heavy atom. The fourth-order valence-electron chi connectivity index (χ4n) is 3.02. The Balaban J connectivity index is 1.30. The fourth-order valence-corrected chi connectivity index (χ4v) is 4.50. The molecule has 126 valence electrons. The van der Waals surface area contributed by atoms with Crippen LogP contribution in [0.4, 0.5) is 5.13 Å². The Kier molecular flexibility index (Phi) is 4.37. The third kappa shape index (κ3) is 3.37. The smallest absolute Gasteiger partial charge is 0.263 e. The highest BCUT2D eigenvalue weighted by Gasteiger charge is 2.29. The van der Waals surface area contributed by atoms with Gasteiger partial charge in [0.1, 0.15) is 0 Å². The van der Waals surface area contributed by atoms with Crippen LogP contribution in [0.3, 0.4) is 0 Å². The zero-order valence-corrected chi connectivity index (χ0v) is 14.9. The number of carbonyl (C=O) groups is 2. The molecule has 5 nitrogen and oxygen atoms in total. The first-order valence-electron chi connectivity index (χ1n) is 8.30. The molecule has 0 atom stereocenters. The lowest BCUT2D eigenvalue weighted by Gasteiger charge is -2.30. The van der Waals surface area contributed by atoms with Crippen LogP contribution < -0.4 is 5.32 Å². The Labute approximate surface area is 148 Å². The second-order valence-electron chi connectivity index (χ2n) is 6.38. The number of hydrogen-bond acceptors (Lipinski definition) is 5. The molecule has 1 saturated heterocycles. The van der Waals surface area contributed by atoms with Gasteiger partial charge in [-0.3, -0.25) is 9.59 Å². The number of anilines is 1. The summed E-state index contributed by atoms with van der Waals surface area (Å²) in [5.74, 6) is 0.692. The molecule has 2 amide bonds. The molecule has 0 radical (unpaired) electrons. The summed E-state index contributed by atoms with van der Waals surface area (Å²) in [6.07, 6.45) is 3.86. The summed E-state index contributed by atoms with van der Waals surface area (Å²) in [5.41, 5.74) is 1.12. The summed E-state index contributed by atoms with van der Waals surface area (Å²) >= 11 is 2.97. The summed E-state index contributed by atoms with van der Waals surface area (Å²) < 4.78 is 0. The van der Waals surface area contributed by atoms with Crippen molar-refractivity contribution in [1.29, 1.82) is 0 Å². The second kappa shape index (κ2) is 6.64. The summed E-state index contributed by atoms with van der Waals surface area (Å²) in [4.78, 5) is 31.9. The Bertz CT molecular complexity index is 729. The minimum atomic E-state index is -0.0364. The normalized spacial score (nSPS) is 18.6. The summed E-state index contributed by atoms with van der Waals surface area (Å²) in [6.45, 7) is 1.28. The minimum absolute atomic E-state index is 0.0364. The second-order valence-corrected chi connectivity index (χ2v) is 8.19. The van der Waals surface area contributed by atoms with Crippen molar-refractivity contribution in [3.05, 3.63) is 33.5 Å². The molecule has 1 N–H and O–H groups in total. The van der Waals surface area contributed by atoms with Gasteiger partial charge in [0.15, 0.2) is 5.13 Å². The molecular weight excluding hydrogens is 342 g/mol. The third-order valence-electron chi connectivity index (χ3n) is 4.63. The number of rotatable bonds is 4. The van der Waals surface area contributed by atoms with Crippen LogP contribution in [-0.2, 0) is 4.79 Å². The van der Waals surface area contributed by atoms with Crippen LogP contribution >= 0.6 is 22.7 Å². The predicted octanol–water partition coefficient (Wildman–Crippen LogP) is 3.57. The lowest BCUT2D eigenvalue weighted by Crippen LogP contribution is -2.41.